The number of halogens is 2. The van der Waals surface area contributed by atoms with Crippen LogP contribution in [0, 0.1) is 0 Å². The predicted molar refractivity (Wildman–Crippen MR) is 56.3 cm³/mol. The number of dihydropyridines is 1. The highest BCUT2D eigenvalue weighted by atomic mass is 19.3. The highest BCUT2D eigenvalue weighted by Crippen LogP contribution is 2.27. The fourth-order valence-electron chi connectivity index (χ4n) is 1.58. The van der Waals surface area contributed by atoms with Gasteiger partial charge in [0, 0.05) is 16.8 Å². The summed E-state index contributed by atoms with van der Waals surface area (Å²) in [6.07, 6.45) is 3.96. The molecule has 1 aromatic rings. The SMILES string of the molecule is FC(F)c1ccccc1C1=CCC=CN1. The third-order valence-corrected chi connectivity index (χ3v) is 2.30. The molecule has 0 aliphatic carbocycles. The number of benzene rings is 1. The van der Waals surface area contributed by atoms with Crippen LogP contribution >= 0.6 is 0 Å². The third-order valence-electron chi connectivity index (χ3n) is 2.30. The van der Waals surface area contributed by atoms with Gasteiger partial charge in [0.1, 0.15) is 0 Å². The van der Waals surface area contributed by atoms with Crippen molar-refractivity contribution in [2.45, 2.75) is 12.8 Å². The lowest BCUT2D eigenvalue weighted by atomic mass is 10.0. The van der Waals surface area contributed by atoms with Crippen molar-refractivity contribution in [2.24, 2.45) is 0 Å². The zero-order valence-electron chi connectivity index (χ0n) is 8.08. The van der Waals surface area contributed by atoms with Crippen molar-refractivity contribution in [3.8, 4) is 0 Å². The summed E-state index contributed by atoms with van der Waals surface area (Å²) in [5.74, 6) is 0. The van der Waals surface area contributed by atoms with Crippen molar-refractivity contribution in [3.05, 3.63) is 53.7 Å². The molecule has 1 nitrogen and oxygen atoms in total. The number of alkyl halides is 2. The molecule has 78 valence electrons. The molecule has 0 saturated heterocycles. The van der Waals surface area contributed by atoms with Crippen LogP contribution in [0.15, 0.2) is 42.6 Å². The average molecular weight is 207 g/mol. The molecule has 15 heavy (non-hydrogen) atoms. The van der Waals surface area contributed by atoms with Crippen LogP contribution in [0.2, 0.25) is 0 Å². The monoisotopic (exact) mass is 207 g/mol. The van der Waals surface area contributed by atoms with Crippen molar-refractivity contribution in [1.29, 1.82) is 0 Å². The topological polar surface area (TPSA) is 12.0 Å². The number of rotatable bonds is 2. The Balaban J connectivity index is 2.38. The molecule has 0 saturated carbocycles. The largest absolute Gasteiger partial charge is 0.362 e. The summed E-state index contributed by atoms with van der Waals surface area (Å²) in [6, 6.07) is 6.56. The van der Waals surface area contributed by atoms with Crippen LogP contribution in [0.5, 0.6) is 0 Å². The summed E-state index contributed by atoms with van der Waals surface area (Å²) in [7, 11) is 0. The lowest BCUT2D eigenvalue weighted by molar-refractivity contribution is 0.151. The van der Waals surface area contributed by atoms with Crippen molar-refractivity contribution >= 4 is 5.70 Å². The van der Waals surface area contributed by atoms with Crippen LogP contribution in [-0.4, -0.2) is 0 Å². The first kappa shape index (κ1) is 9.90. The van der Waals surface area contributed by atoms with Crippen LogP contribution in [0.1, 0.15) is 24.0 Å². The highest BCUT2D eigenvalue weighted by molar-refractivity contribution is 5.68. The molecular weight excluding hydrogens is 196 g/mol. The molecule has 0 unspecified atom stereocenters. The molecule has 0 amide bonds. The maximum absolute atomic E-state index is 12.7. The number of nitrogens with one attached hydrogen (secondary N) is 1. The molecule has 1 aromatic carbocycles. The van der Waals surface area contributed by atoms with Crippen LogP contribution in [0.3, 0.4) is 0 Å². The molecule has 0 spiro atoms. The van der Waals surface area contributed by atoms with Gasteiger partial charge in [0.15, 0.2) is 0 Å². The Kier molecular flexibility index (Phi) is 2.81. The first-order valence-electron chi connectivity index (χ1n) is 4.78. The molecular formula is C12H11F2N. The molecule has 1 aliphatic rings. The van der Waals surface area contributed by atoms with E-state index in [0.717, 1.165) is 12.1 Å². The smallest absolute Gasteiger partial charge is 0.264 e. The Morgan fingerprint density at radius 2 is 2.00 bits per heavy atom. The molecule has 1 N–H and O–H groups in total. The van der Waals surface area contributed by atoms with E-state index in [4.69, 9.17) is 0 Å². The maximum Gasteiger partial charge on any atom is 0.264 e. The van der Waals surface area contributed by atoms with Crippen molar-refractivity contribution in [1.82, 2.24) is 5.32 Å². The van der Waals surface area contributed by atoms with Crippen LogP contribution in [0.4, 0.5) is 8.78 Å². The van der Waals surface area contributed by atoms with Crippen LogP contribution in [0.25, 0.3) is 5.70 Å². The second-order valence-corrected chi connectivity index (χ2v) is 3.29. The Labute approximate surface area is 87.1 Å². The zero-order valence-corrected chi connectivity index (χ0v) is 8.08. The van der Waals surface area contributed by atoms with Gasteiger partial charge in [-0.3, -0.25) is 0 Å². The Morgan fingerprint density at radius 1 is 1.20 bits per heavy atom. The molecule has 2 rings (SSSR count). The fraction of sp³-hybridized carbons (Fsp3) is 0.167. The van der Waals surface area contributed by atoms with Crippen LogP contribution in [-0.2, 0) is 0 Å². The van der Waals surface area contributed by atoms with Gasteiger partial charge in [-0.1, -0.05) is 36.4 Å². The van der Waals surface area contributed by atoms with Crippen molar-refractivity contribution in [3.63, 3.8) is 0 Å². The van der Waals surface area contributed by atoms with E-state index in [1.165, 1.54) is 6.07 Å². The van der Waals surface area contributed by atoms with E-state index in [1.54, 1.807) is 24.4 Å². The van der Waals surface area contributed by atoms with Crippen LogP contribution < -0.4 is 5.32 Å². The van der Waals surface area contributed by atoms with Crippen molar-refractivity contribution in [2.75, 3.05) is 0 Å². The van der Waals surface area contributed by atoms with Gasteiger partial charge in [-0.05, 0) is 12.6 Å². The van der Waals surface area contributed by atoms with Gasteiger partial charge in [0.05, 0.1) is 0 Å². The van der Waals surface area contributed by atoms with Gasteiger partial charge < -0.3 is 5.32 Å². The lowest BCUT2D eigenvalue weighted by Crippen LogP contribution is -2.08. The Bertz CT molecular complexity index is 408. The quantitative estimate of drug-likeness (QED) is 0.782. The molecule has 0 radical (unpaired) electrons. The number of hydrogen-bond acceptors (Lipinski definition) is 1. The van der Waals surface area contributed by atoms with Gasteiger partial charge in [0.2, 0.25) is 0 Å². The molecule has 0 fully saturated rings. The maximum atomic E-state index is 12.7. The van der Waals surface area contributed by atoms with Gasteiger partial charge in [0.25, 0.3) is 6.43 Å². The minimum absolute atomic E-state index is 0.0755. The first-order valence-corrected chi connectivity index (χ1v) is 4.78. The van der Waals surface area contributed by atoms with E-state index in [9.17, 15) is 8.78 Å². The first-order chi connectivity index (χ1) is 7.29. The summed E-state index contributed by atoms with van der Waals surface area (Å²) in [5, 5.41) is 2.98. The Hall–Kier alpha value is -1.64. The standard InChI is InChI=1S/C12H11F2N/c13-12(14)10-6-2-1-5-9(10)11-7-3-4-8-15-11/h1-2,4-8,12,15H,3H2. The summed E-state index contributed by atoms with van der Waals surface area (Å²) in [4.78, 5) is 0. The molecule has 1 aliphatic heterocycles. The van der Waals surface area contributed by atoms with E-state index in [0.29, 0.717) is 5.56 Å². The molecule has 0 atom stereocenters. The molecule has 0 bridgehead atoms. The zero-order chi connectivity index (χ0) is 10.7. The summed E-state index contributed by atoms with van der Waals surface area (Å²) >= 11 is 0. The second kappa shape index (κ2) is 4.26. The third kappa shape index (κ3) is 2.06. The second-order valence-electron chi connectivity index (χ2n) is 3.29. The Morgan fingerprint density at radius 3 is 2.67 bits per heavy atom. The van der Waals surface area contributed by atoms with Crippen molar-refractivity contribution < 1.29 is 8.78 Å². The molecule has 3 heteroatoms. The van der Waals surface area contributed by atoms with Gasteiger partial charge in [-0.15, -0.1) is 0 Å². The average Bonchev–Trinajstić information content (AvgIpc) is 2.30. The molecule has 0 aromatic heterocycles. The van der Waals surface area contributed by atoms with E-state index >= 15 is 0 Å². The highest BCUT2D eigenvalue weighted by Gasteiger charge is 2.14. The summed E-state index contributed by atoms with van der Waals surface area (Å²) < 4.78 is 25.4. The van der Waals surface area contributed by atoms with E-state index in [2.05, 4.69) is 5.32 Å². The van der Waals surface area contributed by atoms with E-state index < -0.39 is 6.43 Å². The number of allylic oxidation sites excluding steroid dienone is 2. The van der Waals surface area contributed by atoms with Gasteiger partial charge >= 0.3 is 0 Å². The van der Waals surface area contributed by atoms with Gasteiger partial charge in [-0.25, -0.2) is 8.78 Å². The number of hydrogen-bond donors (Lipinski definition) is 1. The fourth-order valence-corrected chi connectivity index (χ4v) is 1.58. The van der Waals surface area contributed by atoms with E-state index in [1.807, 2.05) is 12.2 Å². The van der Waals surface area contributed by atoms with E-state index in [-0.39, 0.29) is 5.56 Å². The lowest BCUT2D eigenvalue weighted by Gasteiger charge is -2.14. The minimum atomic E-state index is -2.44. The normalized spacial score (nSPS) is 15.0. The summed E-state index contributed by atoms with van der Waals surface area (Å²) in [5.41, 5.74) is 1.41. The summed E-state index contributed by atoms with van der Waals surface area (Å²) in [6.45, 7) is 0. The minimum Gasteiger partial charge on any atom is -0.362 e. The van der Waals surface area contributed by atoms with Gasteiger partial charge in [-0.2, -0.15) is 0 Å². The predicted octanol–water partition coefficient (Wildman–Crippen LogP) is 3.47. The molecule has 1 heterocycles.